The van der Waals surface area contributed by atoms with E-state index in [1.807, 2.05) is 7.05 Å². The molecule has 1 aromatic carbocycles. The molecule has 1 aliphatic rings. The summed E-state index contributed by atoms with van der Waals surface area (Å²) in [7, 11) is 1.86. The normalized spacial score (nSPS) is 18.0. The molecule has 0 aliphatic carbocycles. The summed E-state index contributed by atoms with van der Waals surface area (Å²) >= 11 is 0. The zero-order chi connectivity index (χ0) is 18.6. The van der Waals surface area contributed by atoms with Crippen molar-refractivity contribution < 1.29 is 0 Å². The molecule has 3 heterocycles. The van der Waals surface area contributed by atoms with Gasteiger partial charge in [-0.05, 0) is 31.4 Å². The lowest BCUT2D eigenvalue weighted by atomic mass is 9.98. The van der Waals surface area contributed by atoms with E-state index in [0.29, 0.717) is 17.8 Å². The van der Waals surface area contributed by atoms with E-state index < -0.39 is 0 Å². The van der Waals surface area contributed by atoms with Crippen LogP contribution in [0.1, 0.15) is 31.2 Å². The number of rotatable bonds is 6. The van der Waals surface area contributed by atoms with Gasteiger partial charge in [0.15, 0.2) is 5.65 Å². The Kier molecular flexibility index (Phi) is 5.20. The van der Waals surface area contributed by atoms with Crippen molar-refractivity contribution in [3.8, 4) is 0 Å². The number of hydrogen-bond donors (Lipinski definition) is 2. The van der Waals surface area contributed by atoms with Crippen molar-refractivity contribution in [2.75, 3.05) is 24.1 Å². The number of nitrogen functional groups attached to an aromatic ring is 1. The highest BCUT2D eigenvalue weighted by Gasteiger charge is 2.22. The molecule has 1 aliphatic heterocycles. The van der Waals surface area contributed by atoms with Gasteiger partial charge in [0.25, 0.3) is 0 Å². The van der Waals surface area contributed by atoms with Gasteiger partial charge in [-0.25, -0.2) is 0 Å². The monoisotopic (exact) mass is 365 g/mol. The first-order valence-electron chi connectivity index (χ1n) is 9.68. The molecule has 142 valence electrons. The number of anilines is 2. The predicted octanol–water partition coefficient (Wildman–Crippen LogP) is 2.80. The minimum atomic E-state index is 0.471. The Hall–Kier alpha value is -2.67. The van der Waals surface area contributed by atoms with Gasteiger partial charge in [0.1, 0.15) is 5.82 Å². The standard InChI is InChI=1S/C20H27N7/c1-26-19-17(13-23-26)18(21)24-20(25-19)22-11-10-16-9-5-6-12-27(16)14-15-7-3-2-4-8-15/h2-4,7-8,13,16H,5-6,9-12,14H2,1H3,(H3,21,22,24,25). The molecule has 0 saturated carbocycles. The summed E-state index contributed by atoms with van der Waals surface area (Å²) in [6.45, 7) is 3.03. The lowest BCUT2D eigenvalue weighted by molar-refractivity contribution is 0.135. The minimum Gasteiger partial charge on any atom is -0.383 e. The number of fused-ring (bicyclic) bond motifs is 1. The highest BCUT2D eigenvalue weighted by Crippen LogP contribution is 2.23. The Morgan fingerprint density at radius 1 is 1.19 bits per heavy atom. The number of aryl methyl sites for hydroxylation is 1. The molecular formula is C20H27N7. The number of benzene rings is 1. The first-order chi connectivity index (χ1) is 13.2. The fraction of sp³-hybridized carbons (Fsp3) is 0.450. The van der Waals surface area contributed by atoms with Crippen LogP contribution in [0.15, 0.2) is 36.5 Å². The second-order valence-corrected chi connectivity index (χ2v) is 7.26. The van der Waals surface area contributed by atoms with Gasteiger partial charge in [0.05, 0.1) is 11.6 Å². The summed E-state index contributed by atoms with van der Waals surface area (Å²) < 4.78 is 1.72. The summed E-state index contributed by atoms with van der Waals surface area (Å²) in [5.74, 6) is 1.05. The Morgan fingerprint density at radius 3 is 2.89 bits per heavy atom. The summed E-state index contributed by atoms with van der Waals surface area (Å²) in [6.07, 6.45) is 6.61. The highest BCUT2D eigenvalue weighted by atomic mass is 15.3. The molecule has 0 spiro atoms. The van der Waals surface area contributed by atoms with Crippen LogP contribution in [0.2, 0.25) is 0 Å². The molecule has 27 heavy (non-hydrogen) atoms. The SMILES string of the molecule is Cn1ncc2c(N)nc(NCCC3CCCCN3Cc3ccccc3)nc21. The zero-order valence-electron chi connectivity index (χ0n) is 15.8. The molecule has 4 rings (SSSR count). The predicted molar refractivity (Wildman–Crippen MR) is 108 cm³/mol. The van der Waals surface area contributed by atoms with E-state index in [0.717, 1.165) is 30.5 Å². The van der Waals surface area contributed by atoms with Crippen LogP contribution >= 0.6 is 0 Å². The molecule has 3 aromatic rings. The molecule has 0 amide bonds. The number of likely N-dealkylation sites (tertiary alicyclic amines) is 1. The van der Waals surface area contributed by atoms with Gasteiger partial charge in [-0.1, -0.05) is 36.8 Å². The van der Waals surface area contributed by atoms with Crippen molar-refractivity contribution in [1.82, 2.24) is 24.6 Å². The number of piperidine rings is 1. The molecule has 0 bridgehead atoms. The molecule has 3 N–H and O–H groups in total. The summed E-state index contributed by atoms with van der Waals surface area (Å²) in [5.41, 5.74) is 8.18. The largest absolute Gasteiger partial charge is 0.383 e. The van der Waals surface area contributed by atoms with Gasteiger partial charge in [-0.2, -0.15) is 15.1 Å². The lowest BCUT2D eigenvalue weighted by Crippen LogP contribution is -2.40. The molecule has 2 aromatic heterocycles. The van der Waals surface area contributed by atoms with E-state index in [2.05, 4.69) is 55.6 Å². The summed E-state index contributed by atoms with van der Waals surface area (Å²) in [5, 5.41) is 8.35. The first-order valence-corrected chi connectivity index (χ1v) is 9.68. The third-order valence-corrected chi connectivity index (χ3v) is 5.36. The zero-order valence-corrected chi connectivity index (χ0v) is 15.8. The van der Waals surface area contributed by atoms with Crippen molar-refractivity contribution in [2.24, 2.45) is 7.05 Å². The van der Waals surface area contributed by atoms with Gasteiger partial charge < -0.3 is 11.1 Å². The fourth-order valence-electron chi connectivity index (χ4n) is 3.89. The van der Waals surface area contributed by atoms with E-state index in [4.69, 9.17) is 5.73 Å². The second-order valence-electron chi connectivity index (χ2n) is 7.26. The molecule has 1 fully saturated rings. The second kappa shape index (κ2) is 7.92. The van der Waals surface area contributed by atoms with Crippen LogP contribution < -0.4 is 11.1 Å². The van der Waals surface area contributed by atoms with Crippen LogP contribution in [0.3, 0.4) is 0 Å². The van der Waals surface area contributed by atoms with Crippen LogP contribution in [0.5, 0.6) is 0 Å². The van der Waals surface area contributed by atoms with E-state index in [1.165, 1.54) is 31.4 Å². The molecule has 1 unspecified atom stereocenters. The van der Waals surface area contributed by atoms with Crippen molar-refractivity contribution in [3.63, 3.8) is 0 Å². The van der Waals surface area contributed by atoms with Gasteiger partial charge in [0.2, 0.25) is 5.95 Å². The van der Waals surface area contributed by atoms with Crippen LogP contribution in [-0.2, 0) is 13.6 Å². The van der Waals surface area contributed by atoms with Crippen molar-refractivity contribution >= 4 is 22.8 Å². The van der Waals surface area contributed by atoms with E-state index in [1.54, 1.807) is 10.9 Å². The number of nitrogens with one attached hydrogen (secondary N) is 1. The smallest absolute Gasteiger partial charge is 0.226 e. The van der Waals surface area contributed by atoms with E-state index in [-0.39, 0.29) is 0 Å². The third-order valence-electron chi connectivity index (χ3n) is 5.36. The number of nitrogens with two attached hydrogens (primary N) is 1. The quantitative estimate of drug-likeness (QED) is 0.699. The molecule has 7 heteroatoms. The van der Waals surface area contributed by atoms with Crippen molar-refractivity contribution in [2.45, 2.75) is 38.3 Å². The van der Waals surface area contributed by atoms with Gasteiger partial charge in [-0.15, -0.1) is 0 Å². The maximum atomic E-state index is 6.04. The lowest BCUT2D eigenvalue weighted by Gasteiger charge is -2.36. The van der Waals surface area contributed by atoms with Crippen LogP contribution in [0, 0.1) is 0 Å². The Labute approximate surface area is 159 Å². The fourth-order valence-corrected chi connectivity index (χ4v) is 3.89. The van der Waals surface area contributed by atoms with Crippen molar-refractivity contribution in [1.29, 1.82) is 0 Å². The Bertz CT molecular complexity index is 890. The Balaban J connectivity index is 1.37. The first kappa shape index (κ1) is 17.7. The van der Waals surface area contributed by atoms with Crippen LogP contribution in [0.25, 0.3) is 11.0 Å². The number of aromatic nitrogens is 4. The van der Waals surface area contributed by atoms with Gasteiger partial charge >= 0.3 is 0 Å². The summed E-state index contributed by atoms with van der Waals surface area (Å²) in [4.78, 5) is 11.5. The highest BCUT2D eigenvalue weighted by molar-refractivity contribution is 5.86. The minimum absolute atomic E-state index is 0.471. The average molecular weight is 365 g/mol. The van der Waals surface area contributed by atoms with E-state index >= 15 is 0 Å². The maximum Gasteiger partial charge on any atom is 0.226 e. The Morgan fingerprint density at radius 2 is 2.04 bits per heavy atom. The molecule has 1 saturated heterocycles. The number of nitrogens with zero attached hydrogens (tertiary/aromatic N) is 5. The molecular weight excluding hydrogens is 338 g/mol. The molecule has 1 atom stereocenters. The molecule has 0 radical (unpaired) electrons. The van der Waals surface area contributed by atoms with Crippen LogP contribution in [0.4, 0.5) is 11.8 Å². The average Bonchev–Trinajstić information content (AvgIpc) is 3.06. The van der Waals surface area contributed by atoms with Crippen molar-refractivity contribution in [3.05, 3.63) is 42.1 Å². The summed E-state index contributed by atoms with van der Waals surface area (Å²) in [6, 6.07) is 11.3. The van der Waals surface area contributed by atoms with Crippen LogP contribution in [-0.4, -0.2) is 43.8 Å². The maximum absolute atomic E-state index is 6.04. The number of hydrogen-bond acceptors (Lipinski definition) is 6. The molecule has 7 nitrogen and oxygen atoms in total. The topological polar surface area (TPSA) is 84.9 Å². The van der Waals surface area contributed by atoms with Gasteiger partial charge in [-0.3, -0.25) is 9.58 Å². The van der Waals surface area contributed by atoms with Gasteiger partial charge in [0, 0.05) is 26.2 Å². The van der Waals surface area contributed by atoms with E-state index in [9.17, 15) is 0 Å². The third kappa shape index (κ3) is 4.03.